The van der Waals surface area contributed by atoms with Gasteiger partial charge in [-0.1, -0.05) is 0 Å². The summed E-state index contributed by atoms with van der Waals surface area (Å²) in [5.41, 5.74) is 1.13. The maximum Gasteiger partial charge on any atom is 0.213 e. The van der Waals surface area contributed by atoms with E-state index in [0.29, 0.717) is 19.6 Å². The molecule has 0 aliphatic carbocycles. The van der Waals surface area contributed by atoms with E-state index < -0.39 is 10.0 Å². The highest BCUT2D eigenvalue weighted by Crippen LogP contribution is 2.18. The normalized spacial score (nSPS) is 17.8. The molecule has 9 nitrogen and oxygen atoms in total. The van der Waals surface area contributed by atoms with Crippen molar-refractivity contribution in [2.24, 2.45) is 12.0 Å². The fourth-order valence-corrected chi connectivity index (χ4v) is 4.46. The molecule has 0 aromatic carbocycles. The van der Waals surface area contributed by atoms with Crippen LogP contribution in [0.4, 0.5) is 0 Å². The Hall–Kier alpha value is -0.920. The summed E-state index contributed by atoms with van der Waals surface area (Å²) >= 11 is 0. The molecule has 1 aliphatic heterocycles. The molecular formula is C18H36IN7O2S. The lowest BCUT2D eigenvalue weighted by molar-refractivity contribution is 0.301. The first-order valence-electron chi connectivity index (χ1n) is 9.94. The average molecular weight is 542 g/mol. The molecule has 0 saturated carbocycles. The standard InChI is InChI=1S/C18H35N7O2S.HI/c1-6-19-18(20-13-17(23(3)4)15-12-21-24(5)14-15)22-16-8-10-25(11-9-16)28(26,27)7-2;/h12,14,16-17H,6-11,13H2,1-5H3,(H2,19,20,22);1H. The topological polar surface area (TPSA) is 94.9 Å². The molecule has 2 rings (SSSR count). The van der Waals surface area contributed by atoms with E-state index in [1.54, 1.807) is 15.9 Å². The van der Waals surface area contributed by atoms with Crippen LogP contribution >= 0.6 is 24.0 Å². The third-order valence-electron chi connectivity index (χ3n) is 5.05. The summed E-state index contributed by atoms with van der Waals surface area (Å²) in [6, 6.07) is 0.359. The average Bonchev–Trinajstić information content (AvgIpc) is 3.08. The summed E-state index contributed by atoms with van der Waals surface area (Å²) in [6.07, 6.45) is 5.46. The third kappa shape index (κ3) is 7.68. The summed E-state index contributed by atoms with van der Waals surface area (Å²) < 4.78 is 27.4. The highest BCUT2D eigenvalue weighted by atomic mass is 127. The number of halogens is 1. The summed E-state index contributed by atoms with van der Waals surface area (Å²) in [5, 5.41) is 11.0. The first-order chi connectivity index (χ1) is 13.3. The van der Waals surface area contributed by atoms with E-state index >= 15 is 0 Å². The van der Waals surface area contributed by atoms with Crippen molar-refractivity contribution in [1.82, 2.24) is 29.6 Å². The second kappa shape index (κ2) is 12.1. The summed E-state index contributed by atoms with van der Waals surface area (Å²) in [4.78, 5) is 6.92. The number of aryl methyl sites for hydroxylation is 1. The van der Waals surface area contributed by atoms with Crippen LogP contribution in [0, 0.1) is 0 Å². The number of rotatable bonds is 8. The largest absolute Gasteiger partial charge is 0.357 e. The van der Waals surface area contributed by atoms with Crippen molar-refractivity contribution in [3.05, 3.63) is 18.0 Å². The Balaban J connectivity index is 0.00000420. The van der Waals surface area contributed by atoms with Crippen LogP contribution in [0.5, 0.6) is 0 Å². The van der Waals surface area contributed by atoms with Gasteiger partial charge in [0.1, 0.15) is 0 Å². The maximum absolute atomic E-state index is 12.0. The molecule has 1 aromatic rings. The van der Waals surface area contributed by atoms with Crippen LogP contribution in [-0.4, -0.2) is 85.4 Å². The Bertz CT molecular complexity index is 743. The number of nitrogens with zero attached hydrogens (tertiary/aromatic N) is 5. The van der Waals surface area contributed by atoms with Gasteiger partial charge in [-0.05, 0) is 40.8 Å². The van der Waals surface area contributed by atoms with Crippen molar-refractivity contribution < 1.29 is 8.42 Å². The van der Waals surface area contributed by atoms with Crippen LogP contribution in [0.25, 0.3) is 0 Å². The zero-order valence-electron chi connectivity index (χ0n) is 18.1. The molecule has 1 aliphatic rings. The second-order valence-corrected chi connectivity index (χ2v) is 9.62. The SMILES string of the molecule is CCNC(=NCC(c1cnn(C)c1)N(C)C)NC1CCN(S(=O)(=O)CC)CC1.I. The van der Waals surface area contributed by atoms with Gasteiger partial charge >= 0.3 is 0 Å². The number of sulfonamides is 1. The van der Waals surface area contributed by atoms with Gasteiger partial charge in [0.25, 0.3) is 0 Å². The number of likely N-dealkylation sites (N-methyl/N-ethyl adjacent to an activating group) is 1. The van der Waals surface area contributed by atoms with E-state index in [0.717, 1.165) is 30.9 Å². The molecule has 0 bridgehead atoms. The predicted octanol–water partition coefficient (Wildman–Crippen LogP) is 1.01. The number of aliphatic imine (C=N–C) groups is 1. The van der Waals surface area contributed by atoms with Gasteiger partial charge < -0.3 is 15.5 Å². The fourth-order valence-electron chi connectivity index (χ4n) is 3.33. The van der Waals surface area contributed by atoms with E-state index in [2.05, 4.69) is 20.6 Å². The molecule has 1 unspecified atom stereocenters. The first kappa shape index (κ1) is 26.1. The molecule has 0 radical (unpaired) electrons. The van der Waals surface area contributed by atoms with Crippen LogP contribution in [0.1, 0.15) is 38.3 Å². The number of nitrogens with one attached hydrogen (secondary N) is 2. The molecule has 1 saturated heterocycles. The van der Waals surface area contributed by atoms with Gasteiger partial charge in [-0.25, -0.2) is 12.7 Å². The van der Waals surface area contributed by atoms with E-state index in [-0.39, 0.29) is 41.8 Å². The fraction of sp³-hybridized carbons (Fsp3) is 0.778. The van der Waals surface area contributed by atoms with Crippen LogP contribution in [-0.2, 0) is 17.1 Å². The van der Waals surface area contributed by atoms with E-state index in [1.165, 1.54) is 0 Å². The predicted molar refractivity (Wildman–Crippen MR) is 128 cm³/mol. The van der Waals surface area contributed by atoms with Gasteiger partial charge in [-0.2, -0.15) is 5.10 Å². The Morgan fingerprint density at radius 1 is 1.34 bits per heavy atom. The molecule has 1 fully saturated rings. The molecule has 2 heterocycles. The lowest BCUT2D eigenvalue weighted by Crippen LogP contribution is -2.50. The second-order valence-electron chi connectivity index (χ2n) is 7.36. The van der Waals surface area contributed by atoms with Crippen LogP contribution < -0.4 is 10.6 Å². The van der Waals surface area contributed by atoms with Crippen LogP contribution in [0.3, 0.4) is 0 Å². The van der Waals surface area contributed by atoms with E-state index in [9.17, 15) is 8.42 Å². The van der Waals surface area contributed by atoms with Gasteiger partial charge in [0, 0.05) is 44.5 Å². The van der Waals surface area contributed by atoms with E-state index in [4.69, 9.17) is 4.99 Å². The molecule has 1 atom stereocenters. The lowest BCUT2D eigenvalue weighted by Gasteiger charge is -2.32. The van der Waals surface area contributed by atoms with Crippen LogP contribution in [0.15, 0.2) is 17.4 Å². The van der Waals surface area contributed by atoms with Gasteiger partial charge in [-0.3, -0.25) is 9.67 Å². The van der Waals surface area contributed by atoms with Crippen molar-refractivity contribution in [2.45, 2.75) is 38.8 Å². The van der Waals surface area contributed by atoms with Crippen molar-refractivity contribution in [3.63, 3.8) is 0 Å². The number of aromatic nitrogens is 2. The minimum Gasteiger partial charge on any atom is -0.357 e. The smallest absolute Gasteiger partial charge is 0.213 e. The van der Waals surface area contributed by atoms with Gasteiger partial charge in [-0.15, -0.1) is 24.0 Å². The van der Waals surface area contributed by atoms with Crippen LogP contribution in [0.2, 0.25) is 0 Å². The molecule has 29 heavy (non-hydrogen) atoms. The first-order valence-corrected chi connectivity index (χ1v) is 11.5. The number of piperidine rings is 1. The molecule has 0 spiro atoms. The quantitative estimate of drug-likeness (QED) is 0.290. The van der Waals surface area contributed by atoms with Crippen molar-refractivity contribution >= 4 is 40.0 Å². The third-order valence-corrected chi connectivity index (χ3v) is 6.93. The maximum atomic E-state index is 12.0. The van der Waals surface area contributed by atoms with Crippen molar-refractivity contribution in [2.75, 3.05) is 46.0 Å². The Kier molecular flexibility index (Phi) is 10.9. The molecule has 1 aromatic heterocycles. The Morgan fingerprint density at radius 3 is 2.48 bits per heavy atom. The van der Waals surface area contributed by atoms with E-state index in [1.807, 2.05) is 40.5 Å². The number of hydrogen-bond acceptors (Lipinski definition) is 5. The van der Waals surface area contributed by atoms with Gasteiger partial charge in [0.05, 0.1) is 24.5 Å². The minimum absolute atomic E-state index is 0. The Morgan fingerprint density at radius 2 is 2.00 bits per heavy atom. The van der Waals surface area contributed by atoms with Gasteiger partial charge in [0.2, 0.25) is 10.0 Å². The molecule has 168 valence electrons. The van der Waals surface area contributed by atoms with Crippen molar-refractivity contribution in [3.8, 4) is 0 Å². The molecular weight excluding hydrogens is 505 g/mol. The summed E-state index contributed by atoms with van der Waals surface area (Å²) in [5.74, 6) is 0.935. The monoisotopic (exact) mass is 541 g/mol. The van der Waals surface area contributed by atoms with Crippen molar-refractivity contribution in [1.29, 1.82) is 0 Å². The number of guanidine groups is 1. The highest BCUT2D eigenvalue weighted by molar-refractivity contribution is 14.0. The zero-order valence-corrected chi connectivity index (χ0v) is 21.3. The number of hydrogen-bond donors (Lipinski definition) is 2. The molecule has 2 N–H and O–H groups in total. The lowest BCUT2D eigenvalue weighted by atomic mass is 10.1. The molecule has 0 amide bonds. The Labute approximate surface area is 192 Å². The summed E-state index contributed by atoms with van der Waals surface area (Å²) in [6.45, 7) is 6.23. The minimum atomic E-state index is -3.10. The zero-order chi connectivity index (χ0) is 20.7. The highest BCUT2D eigenvalue weighted by Gasteiger charge is 2.27. The molecule has 11 heteroatoms. The van der Waals surface area contributed by atoms with Gasteiger partial charge in [0.15, 0.2) is 5.96 Å². The summed E-state index contributed by atoms with van der Waals surface area (Å²) in [7, 11) is 2.89.